The number of nitrogen functional groups attached to an aromatic ring is 1. The van der Waals surface area contributed by atoms with Gasteiger partial charge in [-0.1, -0.05) is 5.16 Å². The molecule has 0 aliphatic carbocycles. The fourth-order valence-corrected chi connectivity index (χ4v) is 1.33. The van der Waals surface area contributed by atoms with Gasteiger partial charge in [-0.15, -0.1) is 0 Å². The van der Waals surface area contributed by atoms with Gasteiger partial charge in [0.25, 0.3) is 0 Å². The molecule has 1 aromatic heterocycles. The highest BCUT2D eigenvalue weighted by Crippen LogP contribution is 2.29. The van der Waals surface area contributed by atoms with Gasteiger partial charge in [0.05, 0.1) is 7.11 Å². The average Bonchev–Trinajstić information content (AvgIpc) is 2.60. The van der Waals surface area contributed by atoms with Gasteiger partial charge in [-0.05, 0) is 31.2 Å². The summed E-state index contributed by atoms with van der Waals surface area (Å²) in [5.74, 6) is 1.41. The quantitative estimate of drug-likeness (QED) is 0.814. The number of aryl methyl sites for hydroxylation is 1. The number of hydrogen-bond donors (Lipinski definition) is 1. The Labute approximate surface area is 87.6 Å². The molecule has 4 nitrogen and oxygen atoms in total. The Kier molecular flexibility index (Phi) is 2.33. The average molecular weight is 204 g/mol. The zero-order valence-electron chi connectivity index (χ0n) is 8.65. The standard InChI is InChI=1S/C11H12N2O2/c1-7-10(12)11(15-13-7)8-3-5-9(14-2)6-4-8/h3-6H,12H2,1-2H3. The summed E-state index contributed by atoms with van der Waals surface area (Å²) in [5, 5.41) is 3.80. The van der Waals surface area contributed by atoms with E-state index >= 15 is 0 Å². The molecule has 0 bridgehead atoms. The highest BCUT2D eigenvalue weighted by Gasteiger charge is 2.11. The second-order valence-electron chi connectivity index (χ2n) is 3.24. The van der Waals surface area contributed by atoms with Crippen molar-refractivity contribution < 1.29 is 9.26 Å². The Morgan fingerprint density at radius 1 is 1.27 bits per heavy atom. The van der Waals surface area contributed by atoms with E-state index in [0.717, 1.165) is 11.3 Å². The molecular weight excluding hydrogens is 192 g/mol. The molecule has 0 aliphatic heterocycles. The zero-order valence-corrected chi connectivity index (χ0v) is 8.65. The lowest BCUT2D eigenvalue weighted by Crippen LogP contribution is -1.88. The molecule has 0 amide bonds. The third kappa shape index (κ3) is 1.66. The predicted molar refractivity (Wildman–Crippen MR) is 57.6 cm³/mol. The van der Waals surface area contributed by atoms with Crippen molar-refractivity contribution in [3.05, 3.63) is 30.0 Å². The first-order valence-electron chi connectivity index (χ1n) is 4.58. The molecule has 2 rings (SSSR count). The smallest absolute Gasteiger partial charge is 0.189 e. The van der Waals surface area contributed by atoms with Crippen LogP contribution in [0.1, 0.15) is 5.69 Å². The third-order valence-corrected chi connectivity index (χ3v) is 2.26. The van der Waals surface area contributed by atoms with E-state index in [9.17, 15) is 0 Å². The van der Waals surface area contributed by atoms with Gasteiger partial charge in [0.15, 0.2) is 5.76 Å². The SMILES string of the molecule is COc1ccc(-c2onc(C)c2N)cc1. The summed E-state index contributed by atoms with van der Waals surface area (Å²) in [6, 6.07) is 7.48. The van der Waals surface area contributed by atoms with Crippen molar-refractivity contribution in [3.63, 3.8) is 0 Å². The number of aromatic nitrogens is 1. The van der Waals surface area contributed by atoms with Crippen molar-refractivity contribution in [2.75, 3.05) is 12.8 Å². The first kappa shape index (κ1) is 9.58. The van der Waals surface area contributed by atoms with Crippen LogP contribution in [0, 0.1) is 6.92 Å². The Hall–Kier alpha value is -1.97. The number of ether oxygens (including phenoxy) is 1. The molecule has 2 N–H and O–H groups in total. The van der Waals surface area contributed by atoms with Crippen molar-refractivity contribution in [1.82, 2.24) is 5.16 Å². The largest absolute Gasteiger partial charge is 0.497 e. The molecule has 2 aromatic rings. The summed E-state index contributed by atoms with van der Waals surface area (Å²) >= 11 is 0. The highest BCUT2D eigenvalue weighted by molar-refractivity contribution is 5.72. The first-order valence-corrected chi connectivity index (χ1v) is 4.58. The van der Waals surface area contributed by atoms with Gasteiger partial charge < -0.3 is 15.0 Å². The maximum absolute atomic E-state index is 5.82. The lowest BCUT2D eigenvalue weighted by Gasteiger charge is -2.00. The van der Waals surface area contributed by atoms with Gasteiger partial charge in [-0.2, -0.15) is 0 Å². The van der Waals surface area contributed by atoms with Crippen LogP contribution in [0.15, 0.2) is 28.8 Å². The number of methoxy groups -OCH3 is 1. The molecule has 15 heavy (non-hydrogen) atoms. The molecule has 0 spiro atoms. The van der Waals surface area contributed by atoms with Gasteiger partial charge in [0.1, 0.15) is 17.1 Å². The molecule has 0 aliphatic rings. The number of rotatable bonds is 2. The number of hydrogen-bond acceptors (Lipinski definition) is 4. The van der Waals surface area contributed by atoms with Crippen LogP contribution in [-0.4, -0.2) is 12.3 Å². The summed E-state index contributed by atoms with van der Waals surface area (Å²) in [4.78, 5) is 0. The Bertz CT molecular complexity index is 460. The van der Waals surface area contributed by atoms with Crippen molar-refractivity contribution >= 4 is 5.69 Å². The van der Waals surface area contributed by atoms with E-state index in [-0.39, 0.29) is 0 Å². The van der Waals surface area contributed by atoms with Gasteiger partial charge >= 0.3 is 0 Å². The molecular formula is C11H12N2O2. The molecule has 78 valence electrons. The zero-order chi connectivity index (χ0) is 10.8. The molecule has 0 unspecified atom stereocenters. The summed E-state index contributed by atoms with van der Waals surface area (Å²) in [6.45, 7) is 1.81. The summed E-state index contributed by atoms with van der Waals surface area (Å²) in [7, 11) is 1.63. The van der Waals surface area contributed by atoms with E-state index in [0.29, 0.717) is 17.1 Å². The van der Waals surface area contributed by atoms with Gasteiger partial charge in [-0.3, -0.25) is 0 Å². The first-order chi connectivity index (χ1) is 7.22. The Balaban J connectivity index is 2.41. The van der Waals surface area contributed by atoms with Crippen molar-refractivity contribution in [3.8, 4) is 17.1 Å². The molecule has 1 heterocycles. The van der Waals surface area contributed by atoms with Crippen LogP contribution in [-0.2, 0) is 0 Å². The van der Waals surface area contributed by atoms with Crippen molar-refractivity contribution in [1.29, 1.82) is 0 Å². The van der Waals surface area contributed by atoms with Crippen molar-refractivity contribution in [2.24, 2.45) is 0 Å². The number of benzene rings is 1. The van der Waals surface area contributed by atoms with Gasteiger partial charge in [0, 0.05) is 5.56 Å². The summed E-state index contributed by atoms with van der Waals surface area (Å²) in [5.41, 5.74) is 8.01. The molecule has 0 atom stereocenters. The second kappa shape index (κ2) is 3.65. The lowest BCUT2D eigenvalue weighted by molar-refractivity contribution is 0.414. The normalized spacial score (nSPS) is 10.3. The fraction of sp³-hybridized carbons (Fsp3) is 0.182. The fourth-order valence-electron chi connectivity index (χ4n) is 1.33. The minimum atomic E-state index is 0.583. The van der Waals surface area contributed by atoms with E-state index in [2.05, 4.69) is 5.16 Å². The minimum absolute atomic E-state index is 0.583. The van der Waals surface area contributed by atoms with Crippen molar-refractivity contribution in [2.45, 2.75) is 6.92 Å². The molecule has 0 fully saturated rings. The number of nitrogens with two attached hydrogens (primary N) is 1. The molecule has 0 radical (unpaired) electrons. The number of nitrogens with zero attached hydrogens (tertiary/aromatic N) is 1. The second-order valence-corrected chi connectivity index (χ2v) is 3.24. The topological polar surface area (TPSA) is 61.3 Å². The molecule has 1 aromatic carbocycles. The van der Waals surface area contributed by atoms with Crippen LogP contribution in [0.5, 0.6) is 5.75 Å². The maximum Gasteiger partial charge on any atom is 0.189 e. The Morgan fingerprint density at radius 2 is 1.93 bits per heavy atom. The maximum atomic E-state index is 5.82. The molecule has 4 heteroatoms. The molecule has 0 saturated heterocycles. The van der Waals surface area contributed by atoms with Crippen LogP contribution in [0.2, 0.25) is 0 Å². The van der Waals surface area contributed by atoms with Crippen LogP contribution >= 0.6 is 0 Å². The summed E-state index contributed by atoms with van der Waals surface area (Å²) < 4.78 is 10.2. The number of anilines is 1. The van der Waals surface area contributed by atoms with Gasteiger partial charge in [0.2, 0.25) is 0 Å². The van der Waals surface area contributed by atoms with Crippen LogP contribution in [0.25, 0.3) is 11.3 Å². The van der Waals surface area contributed by atoms with E-state index in [1.165, 1.54) is 0 Å². The third-order valence-electron chi connectivity index (χ3n) is 2.26. The minimum Gasteiger partial charge on any atom is -0.497 e. The van der Waals surface area contributed by atoms with Crippen LogP contribution in [0.4, 0.5) is 5.69 Å². The summed E-state index contributed by atoms with van der Waals surface area (Å²) in [6.07, 6.45) is 0. The highest BCUT2D eigenvalue weighted by atomic mass is 16.5. The predicted octanol–water partition coefficient (Wildman–Crippen LogP) is 2.24. The molecule has 0 saturated carbocycles. The van der Waals surface area contributed by atoms with Gasteiger partial charge in [-0.25, -0.2) is 0 Å². The van der Waals surface area contributed by atoms with E-state index < -0.39 is 0 Å². The van der Waals surface area contributed by atoms with E-state index in [4.69, 9.17) is 15.0 Å². The van der Waals surface area contributed by atoms with Crippen LogP contribution in [0.3, 0.4) is 0 Å². The van der Waals surface area contributed by atoms with E-state index in [1.54, 1.807) is 7.11 Å². The monoisotopic (exact) mass is 204 g/mol. The van der Waals surface area contributed by atoms with Crippen LogP contribution < -0.4 is 10.5 Å². The van der Waals surface area contributed by atoms with E-state index in [1.807, 2.05) is 31.2 Å². The lowest BCUT2D eigenvalue weighted by atomic mass is 10.1. The Morgan fingerprint density at radius 3 is 2.40 bits per heavy atom.